The van der Waals surface area contributed by atoms with Gasteiger partial charge in [-0.1, -0.05) is 6.07 Å². The topological polar surface area (TPSA) is 59.6 Å². The van der Waals surface area contributed by atoms with Crippen LogP contribution in [0, 0.1) is 0 Å². The lowest BCUT2D eigenvalue weighted by Crippen LogP contribution is -2.45. The number of amides is 1. The van der Waals surface area contributed by atoms with Crippen molar-refractivity contribution >= 4 is 5.91 Å². The van der Waals surface area contributed by atoms with Crippen molar-refractivity contribution in [1.29, 1.82) is 0 Å². The van der Waals surface area contributed by atoms with E-state index in [0.29, 0.717) is 11.5 Å². The first-order valence-corrected chi connectivity index (χ1v) is 7.23. The summed E-state index contributed by atoms with van der Waals surface area (Å²) in [5.74, 6) is 1.33. The van der Waals surface area contributed by atoms with Crippen molar-refractivity contribution in [2.24, 2.45) is 0 Å². The second-order valence-electron chi connectivity index (χ2n) is 5.86. The second kappa shape index (κ2) is 6.35. The molecule has 1 aliphatic rings. The molecular weight excluding hydrogens is 268 g/mol. The van der Waals surface area contributed by atoms with E-state index in [4.69, 9.17) is 9.47 Å². The van der Waals surface area contributed by atoms with Crippen molar-refractivity contribution < 1.29 is 14.3 Å². The Bertz CT molecular complexity index is 508. The standard InChI is InChI=1S/C16H24N2O3/c1-16(2,15(19)18-12-7-8-17-10-12)11-5-6-13(20-3)14(9-11)21-4/h5-6,9,12,17H,7-8,10H2,1-4H3,(H,18,19). The molecule has 1 aliphatic heterocycles. The summed E-state index contributed by atoms with van der Waals surface area (Å²) in [5.41, 5.74) is 0.283. The Labute approximate surface area is 126 Å². The van der Waals surface area contributed by atoms with E-state index in [2.05, 4.69) is 10.6 Å². The third kappa shape index (κ3) is 3.29. The Hall–Kier alpha value is -1.75. The Morgan fingerprint density at radius 1 is 1.29 bits per heavy atom. The minimum atomic E-state index is -0.623. The molecule has 2 N–H and O–H groups in total. The highest BCUT2D eigenvalue weighted by Gasteiger charge is 2.32. The van der Waals surface area contributed by atoms with Gasteiger partial charge in [0.25, 0.3) is 0 Å². The smallest absolute Gasteiger partial charge is 0.230 e. The first-order chi connectivity index (χ1) is 9.98. The van der Waals surface area contributed by atoms with Gasteiger partial charge in [0.2, 0.25) is 5.91 Å². The van der Waals surface area contributed by atoms with Crippen molar-refractivity contribution in [3.63, 3.8) is 0 Å². The van der Waals surface area contributed by atoms with Gasteiger partial charge in [0.15, 0.2) is 11.5 Å². The van der Waals surface area contributed by atoms with E-state index in [-0.39, 0.29) is 11.9 Å². The molecule has 1 unspecified atom stereocenters. The highest BCUT2D eigenvalue weighted by Crippen LogP contribution is 2.33. The summed E-state index contributed by atoms with van der Waals surface area (Å²) in [4.78, 5) is 12.6. The van der Waals surface area contributed by atoms with Crippen LogP contribution in [0.4, 0.5) is 0 Å². The van der Waals surface area contributed by atoms with Gasteiger partial charge in [-0.2, -0.15) is 0 Å². The van der Waals surface area contributed by atoms with Gasteiger partial charge in [-0.25, -0.2) is 0 Å². The maximum absolute atomic E-state index is 12.6. The molecule has 1 aromatic rings. The molecule has 21 heavy (non-hydrogen) atoms. The fraction of sp³-hybridized carbons (Fsp3) is 0.562. The van der Waals surface area contributed by atoms with Gasteiger partial charge in [-0.3, -0.25) is 4.79 Å². The fourth-order valence-electron chi connectivity index (χ4n) is 2.50. The first-order valence-electron chi connectivity index (χ1n) is 7.23. The molecule has 116 valence electrons. The van der Waals surface area contributed by atoms with Crippen molar-refractivity contribution in [1.82, 2.24) is 10.6 Å². The summed E-state index contributed by atoms with van der Waals surface area (Å²) in [5, 5.41) is 6.36. The Morgan fingerprint density at radius 3 is 2.57 bits per heavy atom. The lowest BCUT2D eigenvalue weighted by atomic mass is 9.83. The molecule has 1 heterocycles. The maximum Gasteiger partial charge on any atom is 0.230 e. The summed E-state index contributed by atoms with van der Waals surface area (Å²) in [6, 6.07) is 5.83. The van der Waals surface area contributed by atoms with E-state index >= 15 is 0 Å². The molecule has 0 radical (unpaired) electrons. The molecule has 1 amide bonds. The van der Waals surface area contributed by atoms with Crippen LogP contribution in [0.2, 0.25) is 0 Å². The molecule has 0 saturated carbocycles. The van der Waals surface area contributed by atoms with Gasteiger partial charge < -0.3 is 20.1 Å². The normalized spacial score (nSPS) is 18.4. The molecule has 0 bridgehead atoms. The number of rotatable bonds is 5. The summed E-state index contributed by atoms with van der Waals surface area (Å²) >= 11 is 0. The first kappa shape index (κ1) is 15.6. The van der Waals surface area contributed by atoms with Crippen LogP contribution in [0.3, 0.4) is 0 Å². The molecule has 0 aromatic heterocycles. The molecule has 1 saturated heterocycles. The number of carbonyl (C=O) groups excluding carboxylic acids is 1. The Morgan fingerprint density at radius 2 is 2.00 bits per heavy atom. The fourth-order valence-corrected chi connectivity index (χ4v) is 2.50. The molecule has 1 aromatic carbocycles. The van der Waals surface area contributed by atoms with Crippen LogP contribution in [0.15, 0.2) is 18.2 Å². The highest BCUT2D eigenvalue weighted by molar-refractivity contribution is 5.87. The van der Waals surface area contributed by atoms with E-state index in [1.165, 1.54) is 0 Å². The molecular formula is C16H24N2O3. The van der Waals surface area contributed by atoms with E-state index in [1.807, 2.05) is 32.0 Å². The predicted octanol–water partition coefficient (Wildman–Crippen LogP) is 1.46. The number of hydrogen-bond donors (Lipinski definition) is 2. The van der Waals surface area contributed by atoms with Crippen LogP contribution in [0.5, 0.6) is 11.5 Å². The van der Waals surface area contributed by atoms with Gasteiger partial charge in [0, 0.05) is 12.6 Å². The minimum Gasteiger partial charge on any atom is -0.493 e. The summed E-state index contributed by atoms with van der Waals surface area (Å²) in [6.07, 6.45) is 0.980. The van der Waals surface area contributed by atoms with Crippen LogP contribution in [0.1, 0.15) is 25.8 Å². The molecule has 5 nitrogen and oxygen atoms in total. The number of nitrogens with one attached hydrogen (secondary N) is 2. The van der Waals surface area contributed by atoms with Gasteiger partial charge in [-0.05, 0) is 44.5 Å². The van der Waals surface area contributed by atoms with Gasteiger partial charge in [0.1, 0.15) is 0 Å². The Kier molecular flexibility index (Phi) is 4.73. The van der Waals surface area contributed by atoms with E-state index in [9.17, 15) is 4.79 Å². The SMILES string of the molecule is COc1ccc(C(C)(C)C(=O)NC2CCNC2)cc1OC. The van der Waals surface area contributed by atoms with Gasteiger partial charge in [-0.15, -0.1) is 0 Å². The molecule has 5 heteroatoms. The van der Waals surface area contributed by atoms with E-state index < -0.39 is 5.41 Å². The number of ether oxygens (including phenoxy) is 2. The number of carbonyl (C=O) groups is 1. The van der Waals surface area contributed by atoms with E-state index in [0.717, 1.165) is 25.1 Å². The number of benzene rings is 1. The van der Waals surface area contributed by atoms with Crippen LogP contribution in [0.25, 0.3) is 0 Å². The lowest BCUT2D eigenvalue weighted by molar-refractivity contribution is -0.126. The lowest BCUT2D eigenvalue weighted by Gasteiger charge is -2.27. The average Bonchev–Trinajstić information content (AvgIpc) is 2.99. The summed E-state index contributed by atoms with van der Waals surface area (Å²) in [6.45, 7) is 5.65. The van der Waals surface area contributed by atoms with E-state index in [1.54, 1.807) is 14.2 Å². The zero-order chi connectivity index (χ0) is 15.5. The van der Waals surface area contributed by atoms with Crippen molar-refractivity contribution in [3.8, 4) is 11.5 Å². The maximum atomic E-state index is 12.6. The zero-order valence-electron chi connectivity index (χ0n) is 13.2. The average molecular weight is 292 g/mol. The molecule has 1 atom stereocenters. The van der Waals surface area contributed by atoms with Crippen molar-refractivity contribution in [2.75, 3.05) is 27.3 Å². The summed E-state index contributed by atoms with van der Waals surface area (Å²) in [7, 11) is 3.20. The number of hydrogen-bond acceptors (Lipinski definition) is 4. The van der Waals surface area contributed by atoms with Crippen LogP contribution in [-0.4, -0.2) is 39.3 Å². The molecule has 0 spiro atoms. The van der Waals surface area contributed by atoms with Crippen LogP contribution >= 0.6 is 0 Å². The van der Waals surface area contributed by atoms with Crippen molar-refractivity contribution in [3.05, 3.63) is 23.8 Å². The third-order valence-electron chi connectivity index (χ3n) is 4.07. The van der Waals surface area contributed by atoms with Crippen molar-refractivity contribution in [2.45, 2.75) is 31.7 Å². The summed E-state index contributed by atoms with van der Waals surface area (Å²) < 4.78 is 10.6. The van der Waals surface area contributed by atoms with Crippen LogP contribution in [-0.2, 0) is 10.2 Å². The van der Waals surface area contributed by atoms with Gasteiger partial charge >= 0.3 is 0 Å². The minimum absolute atomic E-state index is 0.0309. The number of methoxy groups -OCH3 is 2. The second-order valence-corrected chi connectivity index (χ2v) is 5.86. The molecule has 2 rings (SSSR count). The largest absolute Gasteiger partial charge is 0.493 e. The quantitative estimate of drug-likeness (QED) is 0.862. The van der Waals surface area contributed by atoms with Gasteiger partial charge in [0.05, 0.1) is 19.6 Å². The zero-order valence-corrected chi connectivity index (χ0v) is 13.2. The molecule has 0 aliphatic carbocycles. The molecule has 1 fully saturated rings. The Balaban J connectivity index is 2.19. The van der Waals surface area contributed by atoms with Crippen LogP contribution < -0.4 is 20.1 Å². The monoisotopic (exact) mass is 292 g/mol. The third-order valence-corrected chi connectivity index (χ3v) is 4.07. The predicted molar refractivity (Wildman–Crippen MR) is 82.0 cm³/mol. The highest BCUT2D eigenvalue weighted by atomic mass is 16.5.